The maximum Gasteiger partial charge on any atom is 0.227 e. The van der Waals surface area contributed by atoms with Crippen LogP contribution in [0.5, 0.6) is 0 Å². The van der Waals surface area contributed by atoms with Gasteiger partial charge in [0.2, 0.25) is 11.8 Å². The molecule has 4 fully saturated rings. The molecular formula is C20H33N3O2. The minimum absolute atomic E-state index is 0.121. The molecule has 0 spiro atoms. The molecule has 5 nitrogen and oxygen atoms in total. The van der Waals surface area contributed by atoms with Gasteiger partial charge in [-0.25, -0.2) is 0 Å². The normalized spacial score (nSPS) is 41.2. The van der Waals surface area contributed by atoms with Gasteiger partial charge in [0, 0.05) is 44.2 Å². The molecule has 0 aromatic carbocycles. The molecule has 3 heterocycles. The standard InChI is InChI=1S/C20H33N3O2/c1-13-3-7-17(8-4-13)23-12-14(9-19(23)24)20(25)22(2)18-10-15-5-6-16(11-18)21-15/h13-18,21H,3-12H2,1-2H3. The van der Waals surface area contributed by atoms with Gasteiger partial charge in [-0.15, -0.1) is 0 Å². The van der Waals surface area contributed by atoms with E-state index in [4.69, 9.17) is 0 Å². The molecule has 3 saturated heterocycles. The highest BCUT2D eigenvalue weighted by atomic mass is 16.2. The third-order valence-electron chi connectivity index (χ3n) is 7.28. The van der Waals surface area contributed by atoms with Crippen LogP contribution in [0.1, 0.15) is 64.7 Å². The summed E-state index contributed by atoms with van der Waals surface area (Å²) in [7, 11) is 1.97. The fourth-order valence-electron chi connectivity index (χ4n) is 5.62. The van der Waals surface area contributed by atoms with Gasteiger partial charge < -0.3 is 15.1 Å². The van der Waals surface area contributed by atoms with Crippen LogP contribution in [0.2, 0.25) is 0 Å². The predicted octanol–water partition coefficient (Wildman–Crippen LogP) is 2.16. The summed E-state index contributed by atoms with van der Waals surface area (Å²) in [6, 6.07) is 1.90. The zero-order valence-electron chi connectivity index (χ0n) is 15.7. The summed E-state index contributed by atoms with van der Waals surface area (Å²) in [5.41, 5.74) is 0. The van der Waals surface area contributed by atoms with Crippen molar-refractivity contribution in [2.75, 3.05) is 13.6 Å². The van der Waals surface area contributed by atoms with Crippen LogP contribution in [0.3, 0.4) is 0 Å². The van der Waals surface area contributed by atoms with Crippen LogP contribution in [-0.2, 0) is 9.59 Å². The van der Waals surface area contributed by atoms with Crippen molar-refractivity contribution in [3.05, 3.63) is 0 Å². The number of rotatable bonds is 3. The third kappa shape index (κ3) is 3.44. The van der Waals surface area contributed by atoms with Crippen molar-refractivity contribution in [3.8, 4) is 0 Å². The van der Waals surface area contributed by atoms with E-state index in [1.54, 1.807) is 0 Å². The largest absolute Gasteiger partial charge is 0.342 e. The van der Waals surface area contributed by atoms with Gasteiger partial charge in [-0.2, -0.15) is 0 Å². The van der Waals surface area contributed by atoms with Crippen molar-refractivity contribution in [2.45, 2.75) is 88.9 Å². The Hall–Kier alpha value is -1.10. The van der Waals surface area contributed by atoms with Crippen molar-refractivity contribution in [2.24, 2.45) is 11.8 Å². The molecule has 0 aromatic heterocycles. The summed E-state index contributed by atoms with van der Waals surface area (Å²) < 4.78 is 0. The number of likely N-dealkylation sites (tertiary alicyclic amines) is 1. The van der Waals surface area contributed by atoms with Crippen LogP contribution in [0.15, 0.2) is 0 Å². The van der Waals surface area contributed by atoms with Crippen LogP contribution in [0, 0.1) is 11.8 Å². The maximum atomic E-state index is 13.0. The van der Waals surface area contributed by atoms with E-state index in [2.05, 4.69) is 12.2 Å². The fraction of sp³-hybridized carbons (Fsp3) is 0.900. The molecule has 2 bridgehead atoms. The molecule has 4 rings (SSSR count). The van der Waals surface area contributed by atoms with Crippen molar-refractivity contribution < 1.29 is 9.59 Å². The first-order valence-electron chi connectivity index (χ1n) is 10.3. The summed E-state index contributed by atoms with van der Waals surface area (Å²) >= 11 is 0. The van der Waals surface area contributed by atoms with Gasteiger partial charge in [-0.05, 0) is 57.3 Å². The lowest BCUT2D eigenvalue weighted by molar-refractivity contribution is -0.137. The van der Waals surface area contributed by atoms with Crippen LogP contribution in [0.25, 0.3) is 0 Å². The molecule has 3 unspecified atom stereocenters. The first-order chi connectivity index (χ1) is 12.0. The summed E-state index contributed by atoms with van der Waals surface area (Å²) in [5, 5.41) is 3.64. The van der Waals surface area contributed by atoms with E-state index in [0.717, 1.165) is 31.6 Å². The number of hydrogen-bond acceptors (Lipinski definition) is 3. The molecule has 3 atom stereocenters. The predicted molar refractivity (Wildman–Crippen MR) is 97.0 cm³/mol. The Morgan fingerprint density at radius 1 is 1.08 bits per heavy atom. The molecule has 3 aliphatic heterocycles. The number of amides is 2. The van der Waals surface area contributed by atoms with E-state index >= 15 is 0 Å². The Kier molecular flexibility index (Phi) is 4.78. The number of carbonyl (C=O) groups excluding carboxylic acids is 2. The number of carbonyl (C=O) groups is 2. The lowest BCUT2D eigenvalue weighted by Crippen LogP contribution is -2.50. The van der Waals surface area contributed by atoms with Gasteiger partial charge in [0.25, 0.3) is 0 Å². The Bertz CT molecular complexity index is 517. The van der Waals surface area contributed by atoms with Gasteiger partial charge in [0.1, 0.15) is 0 Å². The van der Waals surface area contributed by atoms with E-state index in [0.29, 0.717) is 37.1 Å². The van der Waals surface area contributed by atoms with E-state index in [-0.39, 0.29) is 17.7 Å². The first-order valence-corrected chi connectivity index (χ1v) is 10.3. The molecule has 1 N–H and O–H groups in total. The van der Waals surface area contributed by atoms with Crippen LogP contribution in [-0.4, -0.2) is 59.4 Å². The molecular weight excluding hydrogens is 314 g/mol. The number of fused-ring (bicyclic) bond motifs is 2. The van der Waals surface area contributed by atoms with Crippen molar-refractivity contribution in [1.29, 1.82) is 0 Å². The summed E-state index contributed by atoms with van der Waals surface area (Å²) in [6.45, 7) is 2.95. The zero-order chi connectivity index (χ0) is 17.6. The first kappa shape index (κ1) is 17.3. The second kappa shape index (κ2) is 6.90. The van der Waals surface area contributed by atoms with Gasteiger partial charge in [0.05, 0.1) is 5.92 Å². The number of piperidine rings is 1. The maximum absolute atomic E-state index is 13.0. The highest BCUT2D eigenvalue weighted by molar-refractivity contribution is 5.89. The molecule has 4 aliphatic rings. The monoisotopic (exact) mass is 347 g/mol. The van der Waals surface area contributed by atoms with Gasteiger partial charge in [0.15, 0.2) is 0 Å². The lowest BCUT2D eigenvalue weighted by atomic mass is 9.86. The summed E-state index contributed by atoms with van der Waals surface area (Å²) in [6.07, 6.45) is 9.72. The zero-order valence-corrected chi connectivity index (χ0v) is 15.7. The van der Waals surface area contributed by atoms with Gasteiger partial charge >= 0.3 is 0 Å². The molecule has 0 radical (unpaired) electrons. The molecule has 5 heteroatoms. The molecule has 25 heavy (non-hydrogen) atoms. The Labute approximate surface area is 151 Å². The van der Waals surface area contributed by atoms with Crippen LogP contribution < -0.4 is 5.32 Å². The topological polar surface area (TPSA) is 52.7 Å². The lowest BCUT2D eigenvalue weighted by Gasteiger charge is -2.37. The number of nitrogens with one attached hydrogen (secondary N) is 1. The molecule has 1 saturated carbocycles. The second-order valence-corrected chi connectivity index (χ2v) is 9.07. The second-order valence-electron chi connectivity index (χ2n) is 9.07. The molecule has 0 aromatic rings. The minimum atomic E-state index is -0.121. The van der Waals surface area contributed by atoms with Crippen LogP contribution >= 0.6 is 0 Å². The Balaban J connectivity index is 1.35. The summed E-state index contributed by atoms with van der Waals surface area (Å²) in [4.78, 5) is 29.6. The number of nitrogens with zero attached hydrogens (tertiary/aromatic N) is 2. The van der Waals surface area contributed by atoms with Crippen molar-refractivity contribution in [1.82, 2.24) is 15.1 Å². The third-order valence-corrected chi connectivity index (χ3v) is 7.28. The quantitative estimate of drug-likeness (QED) is 0.851. The molecule has 2 amide bonds. The SMILES string of the molecule is CC1CCC(N2CC(C(=O)N(C)C3CC4CCC(C3)N4)CC2=O)CC1. The van der Waals surface area contributed by atoms with E-state index < -0.39 is 0 Å². The van der Waals surface area contributed by atoms with Crippen LogP contribution in [0.4, 0.5) is 0 Å². The Morgan fingerprint density at radius 3 is 2.36 bits per heavy atom. The summed E-state index contributed by atoms with van der Waals surface area (Å²) in [5.74, 6) is 1.07. The van der Waals surface area contributed by atoms with Crippen molar-refractivity contribution in [3.63, 3.8) is 0 Å². The van der Waals surface area contributed by atoms with Gasteiger partial charge in [-0.1, -0.05) is 6.92 Å². The Morgan fingerprint density at radius 2 is 1.72 bits per heavy atom. The van der Waals surface area contributed by atoms with Gasteiger partial charge in [-0.3, -0.25) is 9.59 Å². The number of hydrogen-bond donors (Lipinski definition) is 1. The van der Waals surface area contributed by atoms with E-state index in [1.165, 1.54) is 25.7 Å². The highest BCUT2D eigenvalue weighted by Crippen LogP contribution is 2.33. The fourth-order valence-corrected chi connectivity index (χ4v) is 5.62. The highest BCUT2D eigenvalue weighted by Gasteiger charge is 2.42. The average Bonchev–Trinajstić information content (AvgIpc) is 3.16. The average molecular weight is 348 g/mol. The van der Waals surface area contributed by atoms with Crippen molar-refractivity contribution >= 4 is 11.8 Å². The van der Waals surface area contributed by atoms with E-state index in [1.807, 2.05) is 16.8 Å². The molecule has 140 valence electrons. The smallest absolute Gasteiger partial charge is 0.227 e. The molecule has 1 aliphatic carbocycles. The van der Waals surface area contributed by atoms with E-state index in [9.17, 15) is 9.59 Å². The minimum Gasteiger partial charge on any atom is -0.342 e.